The Morgan fingerprint density at radius 2 is 2.11 bits per heavy atom. The van der Waals surface area contributed by atoms with Gasteiger partial charge in [-0.3, -0.25) is 0 Å². The molecule has 0 aromatic heterocycles. The van der Waals surface area contributed by atoms with Crippen LogP contribution in [-0.4, -0.2) is 5.54 Å². The van der Waals surface area contributed by atoms with Gasteiger partial charge in [-0.25, -0.2) is 6.57 Å². The highest BCUT2D eigenvalue weighted by atomic mass is 14.9. The molecule has 1 heteroatoms. The van der Waals surface area contributed by atoms with E-state index < -0.39 is 0 Å². The maximum atomic E-state index is 6.91. The molecule has 48 valence electrons. The first-order valence-corrected chi connectivity index (χ1v) is 3.73. The van der Waals surface area contributed by atoms with Gasteiger partial charge >= 0.3 is 0 Å². The molecule has 0 bridgehead atoms. The van der Waals surface area contributed by atoms with Crippen LogP contribution in [0.3, 0.4) is 0 Å². The Bertz CT molecular complexity index is 158. The fraction of sp³-hybridized carbons (Fsp3) is 0.875. The summed E-state index contributed by atoms with van der Waals surface area (Å²) < 4.78 is 0. The SMILES string of the molecule is [C-]#[N+]C1(CC2CC2)CC1. The second kappa shape index (κ2) is 1.50. The first-order chi connectivity index (χ1) is 4.35. The first-order valence-electron chi connectivity index (χ1n) is 3.73. The summed E-state index contributed by atoms with van der Waals surface area (Å²) in [7, 11) is 0. The van der Waals surface area contributed by atoms with Crippen LogP contribution in [0.2, 0.25) is 0 Å². The molecule has 0 heterocycles. The molecule has 0 atom stereocenters. The number of hydrogen-bond acceptors (Lipinski definition) is 0. The lowest BCUT2D eigenvalue weighted by Crippen LogP contribution is -2.01. The van der Waals surface area contributed by atoms with E-state index in [1.54, 1.807) is 0 Å². The van der Waals surface area contributed by atoms with Gasteiger partial charge in [0.2, 0.25) is 5.54 Å². The minimum absolute atomic E-state index is 0.168. The van der Waals surface area contributed by atoms with E-state index in [2.05, 4.69) is 4.85 Å². The van der Waals surface area contributed by atoms with Gasteiger partial charge in [0.25, 0.3) is 0 Å². The summed E-state index contributed by atoms with van der Waals surface area (Å²) in [6.45, 7) is 6.91. The molecule has 0 aromatic rings. The fourth-order valence-electron chi connectivity index (χ4n) is 1.37. The van der Waals surface area contributed by atoms with Crippen molar-refractivity contribution in [1.82, 2.24) is 0 Å². The summed E-state index contributed by atoms with van der Waals surface area (Å²) in [5.74, 6) is 0.946. The van der Waals surface area contributed by atoms with Crippen molar-refractivity contribution in [2.75, 3.05) is 0 Å². The van der Waals surface area contributed by atoms with Crippen LogP contribution in [0.5, 0.6) is 0 Å². The van der Waals surface area contributed by atoms with Gasteiger partial charge in [-0.15, -0.1) is 0 Å². The molecule has 0 unspecified atom stereocenters. The fourth-order valence-corrected chi connectivity index (χ4v) is 1.37. The van der Waals surface area contributed by atoms with E-state index in [1.165, 1.54) is 32.1 Å². The largest absolute Gasteiger partial charge is 0.310 e. The Morgan fingerprint density at radius 3 is 2.44 bits per heavy atom. The van der Waals surface area contributed by atoms with Crippen LogP contribution in [-0.2, 0) is 0 Å². The molecule has 2 aliphatic carbocycles. The van der Waals surface area contributed by atoms with Crippen molar-refractivity contribution in [2.45, 2.75) is 37.6 Å². The van der Waals surface area contributed by atoms with Crippen molar-refractivity contribution in [3.63, 3.8) is 0 Å². The number of rotatable bonds is 2. The van der Waals surface area contributed by atoms with E-state index in [9.17, 15) is 0 Å². The van der Waals surface area contributed by atoms with Crippen LogP contribution < -0.4 is 0 Å². The summed E-state index contributed by atoms with van der Waals surface area (Å²) in [4.78, 5) is 3.66. The van der Waals surface area contributed by atoms with Gasteiger partial charge < -0.3 is 4.85 Å². The average molecular weight is 121 g/mol. The van der Waals surface area contributed by atoms with Crippen LogP contribution in [0, 0.1) is 12.5 Å². The van der Waals surface area contributed by atoms with Crippen molar-refractivity contribution in [3.8, 4) is 0 Å². The Labute approximate surface area is 55.9 Å². The highest BCUT2D eigenvalue weighted by Gasteiger charge is 2.53. The smallest absolute Gasteiger partial charge is 0.233 e. The predicted molar refractivity (Wildman–Crippen MR) is 35.9 cm³/mol. The summed E-state index contributed by atoms with van der Waals surface area (Å²) in [6, 6.07) is 0. The Morgan fingerprint density at radius 1 is 1.44 bits per heavy atom. The highest BCUT2D eigenvalue weighted by Crippen LogP contribution is 2.50. The molecule has 2 fully saturated rings. The van der Waals surface area contributed by atoms with Crippen molar-refractivity contribution >= 4 is 0 Å². The third-order valence-corrected chi connectivity index (χ3v) is 2.43. The summed E-state index contributed by atoms with van der Waals surface area (Å²) in [6.07, 6.45) is 6.39. The van der Waals surface area contributed by atoms with E-state index in [-0.39, 0.29) is 5.54 Å². The van der Waals surface area contributed by atoms with Crippen molar-refractivity contribution in [1.29, 1.82) is 0 Å². The molecule has 2 aliphatic rings. The minimum Gasteiger partial charge on any atom is -0.310 e. The van der Waals surface area contributed by atoms with Gasteiger partial charge in [-0.2, -0.15) is 0 Å². The molecule has 0 N–H and O–H groups in total. The topological polar surface area (TPSA) is 4.36 Å². The molecule has 9 heavy (non-hydrogen) atoms. The van der Waals surface area contributed by atoms with Crippen LogP contribution >= 0.6 is 0 Å². The number of nitrogens with zero attached hydrogens (tertiary/aromatic N) is 1. The van der Waals surface area contributed by atoms with E-state index in [4.69, 9.17) is 6.57 Å². The molecule has 2 saturated carbocycles. The molecule has 0 amide bonds. The average Bonchev–Trinajstić information content (AvgIpc) is 2.68. The van der Waals surface area contributed by atoms with E-state index in [0.29, 0.717) is 0 Å². The standard InChI is InChI=1S/C8H11N/c1-9-8(4-5-8)6-7-2-3-7/h7H,2-6H2. The van der Waals surface area contributed by atoms with Crippen LogP contribution in [0.1, 0.15) is 32.1 Å². The van der Waals surface area contributed by atoms with Gasteiger partial charge in [-0.1, -0.05) is 0 Å². The maximum Gasteiger partial charge on any atom is 0.233 e. The van der Waals surface area contributed by atoms with E-state index in [0.717, 1.165) is 5.92 Å². The maximum absolute atomic E-state index is 6.91. The Kier molecular flexibility index (Phi) is 0.883. The molecular weight excluding hydrogens is 110 g/mol. The van der Waals surface area contributed by atoms with Gasteiger partial charge in [0, 0.05) is 19.3 Å². The predicted octanol–water partition coefficient (Wildman–Crippen LogP) is 2.24. The second-order valence-corrected chi connectivity index (χ2v) is 3.48. The lowest BCUT2D eigenvalue weighted by Gasteiger charge is -1.96. The van der Waals surface area contributed by atoms with E-state index >= 15 is 0 Å². The van der Waals surface area contributed by atoms with Crippen molar-refractivity contribution < 1.29 is 0 Å². The minimum atomic E-state index is 0.168. The zero-order valence-corrected chi connectivity index (χ0v) is 5.56. The molecule has 0 saturated heterocycles. The van der Waals surface area contributed by atoms with Gasteiger partial charge in [0.05, 0.1) is 0 Å². The summed E-state index contributed by atoms with van der Waals surface area (Å²) >= 11 is 0. The van der Waals surface area contributed by atoms with E-state index in [1.807, 2.05) is 0 Å². The third kappa shape index (κ3) is 0.941. The van der Waals surface area contributed by atoms with Gasteiger partial charge in [0.15, 0.2) is 0 Å². The Hall–Kier alpha value is -0.510. The molecular formula is C8H11N. The van der Waals surface area contributed by atoms with Crippen molar-refractivity contribution in [2.24, 2.45) is 5.92 Å². The molecule has 0 aliphatic heterocycles. The molecule has 0 radical (unpaired) electrons. The quantitative estimate of drug-likeness (QED) is 0.493. The van der Waals surface area contributed by atoms with Gasteiger partial charge in [-0.05, 0) is 18.8 Å². The Balaban J connectivity index is 1.90. The molecule has 0 spiro atoms. The lowest BCUT2D eigenvalue weighted by atomic mass is 10.1. The molecule has 0 aromatic carbocycles. The zero-order chi connectivity index (χ0) is 6.32. The van der Waals surface area contributed by atoms with Crippen molar-refractivity contribution in [3.05, 3.63) is 11.4 Å². The van der Waals surface area contributed by atoms with Crippen LogP contribution in [0.25, 0.3) is 4.85 Å². The van der Waals surface area contributed by atoms with Gasteiger partial charge in [0.1, 0.15) is 0 Å². The second-order valence-electron chi connectivity index (χ2n) is 3.48. The highest BCUT2D eigenvalue weighted by molar-refractivity contribution is 5.12. The third-order valence-electron chi connectivity index (χ3n) is 2.43. The summed E-state index contributed by atoms with van der Waals surface area (Å²) in [5, 5.41) is 0. The first kappa shape index (κ1) is 5.29. The lowest BCUT2D eigenvalue weighted by molar-refractivity contribution is 0.628. The molecule has 1 nitrogen and oxygen atoms in total. The van der Waals surface area contributed by atoms with Crippen LogP contribution in [0.4, 0.5) is 0 Å². The summed E-state index contributed by atoms with van der Waals surface area (Å²) in [5.41, 5.74) is 0.168. The molecule has 2 rings (SSSR count). The number of hydrogen-bond donors (Lipinski definition) is 0. The normalized spacial score (nSPS) is 29.2. The monoisotopic (exact) mass is 121 g/mol. The zero-order valence-electron chi connectivity index (χ0n) is 5.56. The van der Waals surface area contributed by atoms with Crippen LogP contribution in [0.15, 0.2) is 0 Å².